The molecule has 0 fully saturated rings. The lowest BCUT2D eigenvalue weighted by Gasteiger charge is -2.10. The zero-order valence-corrected chi connectivity index (χ0v) is 14.2. The van der Waals surface area contributed by atoms with Gasteiger partial charge in [0.2, 0.25) is 0 Å². The first-order valence-electron chi connectivity index (χ1n) is 8.13. The van der Waals surface area contributed by atoms with Gasteiger partial charge >= 0.3 is 0 Å². The molecule has 0 saturated heterocycles. The number of benzene rings is 1. The van der Waals surface area contributed by atoms with E-state index in [1.165, 1.54) is 5.56 Å². The van der Waals surface area contributed by atoms with Crippen LogP contribution in [0.4, 0.5) is 5.82 Å². The van der Waals surface area contributed by atoms with Gasteiger partial charge in [0, 0.05) is 29.5 Å². The van der Waals surface area contributed by atoms with E-state index < -0.39 is 0 Å². The minimum absolute atomic E-state index is 0.742. The van der Waals surface area contributed by atoms with Crippen molar-refractivity contribution < 1.29 is 0 Å². The van der Waals surface area contributed by atoms with Crippen molar-refractivity contribution in [2.45, 2.75) is 26.2 Å². The van der Waals surface area contributed by atoms with Crippen molar-refractivity contribution in [3.63, 3.8) is 0 Å². The number of nitrogens with zero attached hydrogens (tertiary/aromatic N) is 4. The largest absolute Gasteiger partial charge is 0.370 e. The van der Waals surface area contributed by atoms with Crippen LogP contribution in [0.5, 0.6) is 0 Å². The maximum Gasteiger partial charge on any atom is 0.133 e. The van der Waals surface area contributed by atoms with Gasteiger partial charge in [-0.3, -0.25) is 9.97 Å². The fourth-order valence-corrected chi connectivity index (χ4v) is 3.20. The monoisotopic (exact) mass is 339 g/mol. The molecule has 1 aromatic carbocycles. The van der Waals surface area contributed by atoms with E-state index in [-0.39, 0.29) is 0 Å². The molecule has 0 bridgehead atoms. The van der Waals surface area contributed by atoms with Crippen LogP contribution in [0.1, 0.15) is 24.0 Å². The molecule has 0 atom stereocenters. The van der Waals surface area contributed by atoms with E-state index in [2.05, 4.69) is 15.3 Å². The average Bonchev–Trinajstić information content (AvgIpc) is 2.80. The van der Waals surface area contributed by atoms with Crippen LogP contribution in [0.3, 0.4) is 0 Å². The summed E-state index contributed by atoms with van der Waals surface area (Å²) in [5.74, 6) is 1.04. The minimum atomic E-state index is 0.742. The summed E-state index contributed by atoms with van der Waals surface area (Å²) in [6.45, 7) is 2.94. The van der Waals surface area contributed by atoms with Crippen molar-refractivity contribution in [1.29, 1.82) is 0 Å². The molecule has 6 heteroatoms. The Kier molecular flexibility index (Phi) is 3.94. The maximum atomic E-state index is 6.32. The Bertz CT molecular complexity index is 873. The van der Waals surface area contributed by atoms with Crippen molar-refractivity contribution in [2.75, 3.05) is 11.9 Å². The average molecular weight is 340 g/mol. The third kappa shape index (κ3) is 2.65. The van der Waals surface area contributed by atoms with Gasteiger partial charge in [-0.2, -0.15) is 5.10 Å². The normalized spacial score (nSPS) is 13.9. The second-order valence-electron chi connectivity index (χ2n) is 6.00. The second kappa shape index (κ2) is 6.24. The fraction of sp³-hybridized carbons (Fsp3) is 0.278. The zero-order valence-electron chi connectivity index (χ0n) is 13.5. The van der Waals surface area contributed by atoms with Crippen molar-refractivity contribution >= 4 is 17.4 Å². The number of nitrogens with one attached hydrogen (secondary N) is 1. The highest BCUT2D eigenvalue weighted by Gasteiger charge is 2.22. The fourth-order valence-electron chi connectivity index (χ4n) is 3.03. The van der Waals surface area contributed by atoms with Crippen LogP contribution in [0.15, 0.2) is 36.8 Å². The van der Waals surface area contributed by atoms with Gasteiger partial charge in [-0.05, 0) is 43.9 Å². The van der Waals surface area contributed by atoms with E-state index in [4.69, 9.17) is 16.7 Å². The Balaban J connectivity index is 1.91. The quantitative estimate of drug-likeness (QED) is 0.765. The van der Waals surface area contributed by atoms with E-state index in [1.54, 1.807) is 18.6 Å². The number of fused-ring (bicyclic) bond motifs is 1. The Morgan fingerprint density at radius 2 is 2.12 bits per heavy atom. The third-order valence-corrected chi connectivity index (χ3v) is 4.74. The highest BCUT2D eigenvalue weighted by Crippen LogP contribution is 2.33. The van der Waals surface area contributed by atoms with Gasteiger partial charge in [0.05, 0.1) is 11.9 Å². The highest BCUT2D eigenvalue weighted by molar-refractivity contribution is 6.31. The lowest BCUT2D eigenvalue weighted by molar-refractivity contribution is 0.779. The van der Waals surface area contributed by atoms with E-state index in [0.717, 1.165) is 59.3 Å². The summed E-state index contributed by atoms with van der Waals surface area (Å²) in [7, 11) is 0. The lowest BCUT2D eigenvalue weighted by atomic mass is 10.1. The van der Waals surface area contributed by atoms with Crippen molar-refractivity contribution in [2.24, 2.45) is 0 Å². The number of hydrogen-bond donors (Lipinski definition) is 1. The van der Waals surface area contributed by atoms with Crippen LogP contribution in [0.2, 0.25) is 5.02 Å². The highest BCUT2D eigenvalue weighted by atomic mass is 35.5. The summed E-state index contributed by atoms with van der Waals surface area (Å²) in [4.78, 5) is 8.62. The Morgan fingerprint density at radius 3 is 2.92 bits per heavy atom. The maximum absolute atomic E-state index is 6.32. The summed E-state index contributed by atoms with van der Waals surface area (Å²) in [5, 5.41) is 9.11. The van der Waals surface area contributed by atoms with Gasteiger partial charge in [0.1, 0.15) is 17.2 Å². The summed E-state index contributed by atoms with van der Waals surface area (Å²) >= 11 is 6.32. The van der Waals surface area contributed by atoms with Crippen LogP contribution in [-0.2, 0) is 6.42 Å². The summed E-state index contributed by atoms with van der Waals surface area (Å²) in [5.41, 5.74) is 4.90. The molecule has 2 aromatic heterocycles. The molecule has 122 valence electrons. The van der Waals surface area contributed by atoms with Crippen LogP contribution >= 0.6 is 11.6 Å². The molecule has 3 heterocycles. The topological polar surface area (TPSA) is 55.6 Å². The summed E-state index contributed by atoms with van der Waals surface area (Å²) in [6.07, 6.45) is 8.40. The number of anilines is 1. The number of aromatic nitrogens is 4. The predicted octanol–water partition coefficient (Wildman–Crippen LogP) is 4.04. The zero-order chi connectivity index (χ0) is 16.5. The Labute approximate surface area is 145 Å². The molecule has 0 saturated carbocycles. The molecule has 0 spiro atoms. The molecule has 3 aromatic rings. The minimum Gasteiger partial charge on any atom is -0.370 e. The molecule has 1 aliphatic heterocycles. The molecular formula is C18H18ClN5. The van der Waals surface area contributed by atoms with Gasteiger partial charge in [0.25, 0.3) is 0 Å². The van der Waals surface area contributed by atoms with Crippen molar-refractivity contribution in [1.82, 2.24) is 19.7 Å². The molecular weight excluding hydrogens is 322 g/mol. The SMILES string of the molecule is Cc1ccc(-n2nc(-c3cnccn3)c3c2NCCCC3)cc1Cl. The van der Waals surface area contributed by atoms with Gasteiger partial charge in [-0.1, -0.05) is 17.7 Å². The van der Waals surface area contributed by atoms with E-state index >= 15 is 0 Å². The standard InChI is InChI=1S/C18H18ClN5/c1-12-5-6-13(10-15(12)19)24-18-14(4-2-3-7-22-18)17(23-24)16-11-20-8-9-21-16/h5-6,8-11,22H,2-4,7H2,1H3. The van der Waals surface area contributed by atoms with Crippen LogP contribution in [-0.4, -0.2) is 26.3 Å². The molecule has 0 aliphatic carbocycles. The Hall–Kier alpha value is -2.40. The first-order valence-corrected chi connectivity index (χ1v) is 8.50. The van der Waals surface area contributed by atoms with Crippen LogP contribution < -0.4 is 5.32 Å². The van der Waals surface area contributed by atoms with Crippen LogP contribution in [0.25, 0.3) is 17.1 Å². The first kappa shape index (κ1) is 15.1. The second-order valence-corrected chi connectivity index (χ2v) is 6.40. The van der Waals surface area contributed by atoms with E-state index in [1.807, 2.05) is 29.8 Å². The van der Waals surface area contributed by atoms with Gasteiger partial charge < -0.3 is 5.32 Å². The van der Waals surface area contributed by atoms with E-state index in [9.17, 15) is 0 Å². The number of rotatable bonds is 2. The molecule has 4 rings (SSSR count). The molecule has 0 unspecified atom stereocenters. The van der Waals surface area contributed by atoms with Gasteiger partial charge in [-0.25, -0.2) is 4.68 Å². The Morgan fingerprint density at radius 1 is 1.21 bits per heavy atom. The van der Waals surface area contributed by atoms with Crippen molar-refractivity contribution in [3.8, 4) is 17.1 Å². The van der Waals surface area contributed by atoms with Crippen LogP contribution in [0, 0.1) is 6.92 Å². The number of hydrogen-bond acceptors (Lipinski definition) is 4. The third-order valence-electron chi connectivity index (χ3n) is 4.34. The van der Waals surface area contributed by atoms with Crippen molar-refractivity contribution in [3.05, 3.63) is 52.9 Å². The first-order chi connectivity index (χ1) is 11.7. The smallest absolute Gasteiger partial charge is 0.133 e. The number of halogens is 1. The lowest BCUT2D eigenvalue weighted by Crippen LogP contribution is -2.07. The molecule has 5 nitrogen and oxygen atoms in total. The molecule has 1 aliphatic rings. The van der Waals surface area contributed by atoms with Gasteiger partial charge in [0.15, 0.2) is 0 Å². The summed E-state index contributed by atoms with van der Waals surface area (Å²) < 4.78 is 1.94. The molecule has 1 N–H and O–H groups in total. The van der Waals surface area contributed by atoms with E-state index in [0.29, 0.717) is 0 Å². The molecule has 0 radical (unpaired) electrons. The molecule has 24 heavy (non-hydrogen) atoms. The summed E-state index contributed by atoms with van der Waals surface area (Å²) in [6, 6.07) is 6.02. The van der Waals surface area contributed by atoms with Gasteiger partial charge in [-0.15, -0.1) is 0 Å². The molecule has 0 amide bonds. The number of aryl methyl sites for hydroxylation is 1. The predicted molar refractivity (Wildman–Crippen MR) is 95.8 cm³/mol.